The summed E-state index contributed by atoms with van der Waals surface area (Å²) < 4.78 is 1.45. The van der Waals surface area contributed by atoms with Gasteiger partial charge in [-0.1, -0.05) is 79.6 Å². The van der Waals surface area contributed by atoms with E-state index in [0.717, 1.165) is 5.92 Å². The van der Waals surface area contributed by atoms with Crippen LogP contribution in [0.25, 0.3) is 0 Å². The third-order valence-corrected chi connectivity index (χ3v) is 6.12. The van der Waals surface area contributed by atoms with Gasteiger partial charge in [0.1, 0.15) is 0 Å². The van der Waals surface area contributed by atoms with Crippen molar-refractivity contribution in [2.24, 2.45) is 5.92 Å². The minimum Gasteiger partial charge on any atom is -0.324 e. The highest BCUT2D eigenvalue weighted by molar-refractivity contribution is 4.54. The van der Waals surface area contributed by atoms with Gasteiger partial charge >= 0.3 is 0 Å². The fraction of sp³-hybridized carbons (Fsp3) is 1.00. The van der Waals surface area contributed by atoms with Crippen molar-refractivity contribution < 1.29 is 4.48 Å². The van der Waals surface area contributed by atoms with Crippen LogP contribution in [0.2, 0.25) is 0 Å². The van der Waals surface area contributed by atoms with Crippen LogP contribution in [0, 0.1) is 5.92 Å². The molecule has 0 unspecified atom stereocenters. The van der Waals surface area contributed by atoms with Gasteiger partial charge in [-0.15, -0.1) is 0 Å². The molecule has 0 N–H and O–H groups in total. The topological polar surface area (TPSA) is 0 Å². The van der Waals surface area contributed by atoms with E-state index in [9.17, 15) is 0 Å². The molecule has 0 rings (SSSR count). The molecule has 0 aromatic rings. The number of hydrogen-bond acceptors (Lipinski definition) is 0. The Morgan fingerprint density at radius 1 is 0.462 bits per heavy atom. The Kier molecular flexibility index (Phi) is 18.3. The molecule has 0 atom stereocenters. The maximum Gasteiger partial charge on any atom is 0.0786 e. The van der Waals surface area contributed by atoms with E-state index in [1.165, 1.54) is 127 Å². The lowest BCUT2D eigenvalue weighted by atomic mass is 10.0. The Bertz CT molecular complexity index is 240. The predicted molar refractivity (Wildman–Crippen MR) is 121 cm³/mol. The Hall–Kier alpha value is -0.0400. The van der Waals surface area contributed by atoms with Crippen molar-refractivity contribution in [3.8, 4) is 0 Å². The molecule has 158 valence electrons. The molecule has 0 aliphatic rings. The number of quaternary nitrogens is 1. The van der Waals surface area contributed by atoms with Crippen molar-refractivity contribution in [3.05, 3.63) is 0 Å². The summed E-state index contributed by atoms with van der Waals surface area (Å²) in [7, 11) is 0. The second kappa shape index (κ2) is 18.3. The van der Waals surface area contributed by atoms with Crippen LogP contribution in [-0.4, -0.2) is 30.7 Å². The van der Waals surface area contributed by atoms with Crippen LogP contribution in [0.4, 0.5) is 0 Å². The van der Waals surface area contributed by atoms with Crippen molar-refractivity contribution in [2.45, 2.75) is 131 Å². The first-order chi connectivity index (χ1) is 12.6. The zero-order valence-corrected chi connectivity index (χ0v) is 19.5. The van der Waals surface area contributed by atoms with Crippen molar-refractivity contribution in [2.75, 3.05) is 26.2 Å². The predicted octanol–water partition coefficient (Wildman–Crippen LogP) is 8.37. The van der Waals surface area contributed by atoms with Crippen molar-refractivity contribution in [1.29, 1.82) is 0 Å². The number of unbranched alkanes of at least 4 members (excludes halogenated alkanes) is 10. The largest absolute Gasteiger partial charge is 0.324 e. The number of hydrogen-bond donors (Lipinski definition) is 0. The fourth-order valence-electron chi connectivity index (χ4n) is 4.29. The smallest absolute Gasteiger partial charge is 0.0786 e. The molecule has 0 spiro atoms. The highest BCUT2D eigenvalue weighted by Gasteiger charge is 2.25. The quantitative estimate of drug-likeness (QED) is 0.149. The summed E-state index contributed by atoms with van der Waals surface area (Å²) in [6, 6.07) is 0. The molecule has 1 nitrogen and oxygen atoms in total. The molecule has 0 saturated heterocycles. The zero-order chi connectivity index (χ0) is 19.5. The molecule has 0 bridgehead atoms. The van der Waals surface area contributed by atoms with E-state index in [4.69, 9.17) is 0 Å². The average molecular weight is 369 g/mol. The van der Waals surface area contributed by atoms with Gasteiger partial charge in [-0.3, -0.25) is 0 Å². The molecule has 0 aromatic heterocycles. The zero-order valence-electron chi connectivity index (χ0n) is 19.5. The summed E-state index contributed by atoms with van der Waals surface area (Å²) in [5, 5.41) is 0. The van der Waals surface area contributed by atoms with Gasteiger partial charge in [0.05, 0.1) is 26.2 Å². The lowest BCUT2D eigenvalue weighted by Gasteiger charge is -2.40. The van der Waals surface area contributed by atoms with Crippen LogP contribution in [0.3, 0.4) is 0 Å². The van der Waals surface area contributed by atoms with Crippen molar-refractivity contribution >= 4 is 0 Å². The highest BCUT2D eigenvalue weighted by atomic mass is 15.3. The third-order valence-electron chi connectivity index (χ3n) is 6.12. The average Bonchev–Trinajstić information content (AvgIpc) is 2.63. The third kappa shape index (κ3) is 15.1. The highest BCUT2D eigenvalue weighted by Crippen LogP contribution is 2.20. The Labute approximate surface area is 167 Å². The van der Waals surface area contributed by atoms with Gasteiger partial charge in [0.2, 0.25) is 0 Å². The maximum atomic E-state index is 2.38. The summed E-state index contributed by atoms with van der Waals surface area (Å²) in [5.74, 6) is 0.871. The van der Waals surface area contributed by atoms with E-state index in [2.05, 4.69) is 34.6 Å². The number of rotatable bonds is 20. The standard InChI is InChI=1S/C25H54N/c1-6-9-12-16-21-26(22-17-13-10-7-2,23-18-14-11-8-3)24-19-15-20-25(4)5/h25H,6-24H2,1-5H3/q+1. The van der Waals surface area contributed by atoms with Gasteiger partial charge in [0.15, 0.2) is 0 Å². The maximum absolute atomic E-state index is 2.38. The lowest BCUT2D eigenvalue weighted by molar-refractivity contribution is -0.929. The van der Waals surface area contributed by atoms with Crippen LogP contribution in [-0.2, 0) is 0 Å². The second-order valence-electron chi connectivity index (χ2n) is 9.31. The summed E-state index contributed by atoms with van der Waals surface area (Å²) in [4.78, 5) is 0. The van der Waals surface area contributed by atoms with Gasteiger partial charge in [0.25, 0.3) is 0 Å². The monoisotopic (exact) mass is 368 g/mol. The normalized spacial score (nSPS) is 12.2. The van der Waals surface area contributed by atoms with Gasteiger partial charge in [-0.2, -0.15) is 0 Å². The molecular weight excluding hydrogens is 314 g/mol. The van der Waals surface area contributed by atoms with E-state index < -0.39 is 0 Å². The molecule has 0 fully saturated rings. The molecule has 0 saturated carbocycles. The molecule has 0 aromatic carbocycles. The lowest BCUT2D eigenvalue weighted by Crippen LogP contribution is -2.50. The van der Waals surface area contributed by atoms with Gasteiger partial charge in [-0.05, 0) is 57.3 Å². The molecule has 0 aliphatic heterocycles. The minimum absolute atomic E-state index is 0.871. The SMILES string of the molecule is CCCCCC[N+](CCCCCC)(CCCCCC)CCCCC(C)C. The van der Waals surface area contributed by atoms with Crippen molar-refractivity contribution in [1.82, 2.24) is 0 Å². The summed E-state index contributed by atoms with van der Waals surface area (Å²) in [6.45, 7) is 17.6. The van der Waals surface area contributed by atoms with E-state index in [1.807, 2.05) is 0 Å². The van der Waals surface area contributed by atoms with Crippen LogP contribution < -0.4 is 0 Å². The Morgan fingerprint density at radius 2 is 0.808 bits per heavy atom. The second-order valence-corrected chi connectivity index (χ2v) is 9.31. The van der Waals surface area contributed by atoms with Gasteiger partial charge < -0.3 is 4.48 Å². The van der Waals surface area contributed by atoms with Crippen molar-refractivity contribution in [3.63, 3.8) is 0 Å². The van der Waals surface area contributed by atoms with Crippen LogP contribution in [0.15, 0.2) is 0 Å². The summed E-state index contributed by atoms with van der Waals surface area (Å²) in [6.07, 6.45) is 21.4. The van der Waals surface area contributed by atoms with E-state index in [-0.39, 0.29) is 0 Å². The first-order valence-electron chi connectivity index (χ1n) is 12.4. The molecule has 0 aliphatic carbocycles. The van der Waals surface area contributed by atoms with Crippen LogP contribution >= 0.6 is 0 Å². The van der Waals surface area contributed by atoms with E-state index in [1.54, 1.807) is 0 Å². The molecular formula is C25H54N+. The van der Waals surface area contributed by atoms with Crippen LogP contribution in [0.5, 0.6) is 0 Å². The van der Waals surface area contributed by atoms with Gasteiger partial charge in [-0.25, -0.2) is 0 Å². The van der Waals surface area contributed by atoms with Gasteiger partial charge in [0, 0.05) is 0 Å². The summed E-state index contributed by atoms with van der Waals surface area (Å²) >= 11 is 0. The number of nitrogens with zero attached hydrogens (tertiary/aromatic N) is 1. The first kappa shape index (κ1) is 26.0. The molecule has 0 heterocycles. The van der Waals surface area contributed by atoms with E-state index in [0.29, 0.717) is 0 Å². The fourth-order valence-corrected chi connectivity index (χ4v) is 4.29. The molecule has 26 heavy (non-hydrogen) atoms. The van der Waals surface area contributed by atoms with Crippen LogP contribution in [0.1, 0.15) is 131 Å². The minimum atomic E-state index is 0.871. The first-order valence-corrected chi connectivity index (χ1v) is 12.4. The Morgan fingerprint density at radius 3 is 1.12 bits per heavy atom. The van der Waals surface area contributed by atoms with E-state index >= 15 is 0 Å². The molecule has 1 heteroatoms. The Balaban J connectivity index is 4.68. The summed E-state index contributed by atoms with van der Waals surface area (Å²) in [5.41, 5.74) is 0. The molecule has 0 radical (unpaired) electrons. The molecule has 0 amide bonds.